The third-order valence-corrected chi connectivity index (χ3v) is 7.39. The maximum Gasteiger partial charge on any atom is 0.259 e. The summed E-state index contributed by atoms with van der Waals surface area (Å²) in [4.78, 5) is 13.2. The SMILES string of the molecule is COc1ccc(S(=O)(=O)N2CCCC2)cc1NC(=O)c1ccccc1OCc1ccccc1. The third-order valence-electron chi connectivity index (χ3n) is 5.49. The quantitative estimate of drug-likeness (QED) is 0.535. The van der Waals surface area contributed by atoms with Crippen molar-refractivity contribution in [1.82, 2.24) is 4.31 Å². The zero-order chi connectivity index (χ0) is 23.3. The zero-order valence-electron chi connectivity index (χ0n) is 18.4. The van der Waals surface area contributed by atoms with Crippen molar-refractivity contribution in [2.24, 2.45) is 0 Å². The second kappa shape index (κ2) is 10.1. The molecule has 0 atom stereocenters. The maximum atomic E-state index is 13.1. The lowest BCUT2D eigenvalue weighted by Crippen LogP contribution is -2.28. The summed E-state index contributed by atoms with van der Waals surface area (Å²) in [7, 11) is -2.16. The van der Waals surface area contributed by atoms with Crippen LogP contribution in [0.5, 0.6) is 11.5 Å². The van der Waals surface area contributed by atoms with Gasteiger partial charge in [0.25, 0.3) is 5.91 Å². The second-order valence-corrected chi connectivity index (χ2v) is 9.64. The van der Waals surface area contributed by atoms with Crippen LogP contribution in [0.3, 0.4) is 0 Å². The molecule has 172 valence electrons. The van der Waals surface area contributed by atoms with E-state index in [9.17, 15) is 13.2 Å². The number of methoxy groups -OCH3 is 1. The molecule has 1 aliphatic heterocycles. The van der Waals surface area contributed by atoms with Crippen LogP contribution in [0.1, 0.15) is 28.8 Å². The molecular formula is C25H26N2O5S. The van der Waals surface area contributed by atoms with E-state index in [0.29, 0.717) is 36.8 Å². The molecule has 0 saturated carbocycles. The Kier molecular flexibility index (Phi) is 6.96. The first-order valence-corrected chi connectivity index (χ1v) is 12.2. The van der Waals surface area contributed by atoms with Crippen LogP contribution in [0.4, 0.5) is 5.69 Å². The molecule has 0 aromatic heterocycles. The van der Waals surface area contributed by atoms with E-state index in [1.165, 1.54) is 23.5 Å². The van der Waals surface area contributed by atoms with Crippen LogP contribution < -0.4 is 14.8 Å². The van der Waals surface area contributed by atoms with Gasteiger partial charge in [-0.25, -0.2) is 8.42 Å². The van der Waals surface area contributed by atoms with E-state index in [1.807, 2.05) is 30.3 Å². The van der Waals surface area contributed by atoms with Gasteiger partial charge in [0, 0.05) is 13.1 Å². The molecule has 1 amide bonds. The number of anilines is 1. The van der Waals surface area contributed by atoms with Gasteiger partial charge < -0.3 is 14.8 Å². The fraction of sp³-hybridized carbons (Fsp3) is 0.240. The lowest BCUT2D eigenvalue weighted by atomic mass is 10.1. The molecule has 4 rings (SSSR count). The fourth-order valence-corrected chi connectivity index (χ4v) is 5.27. The van der Waals surface area contributed by atoms with Crippen molar-refractivity contribution in [3.05, 3.63) is 83.9 Å². The maximum absolute atomic E-state index is 13.1. The van der Waals surface area contributed by atoms with Crippen LogP contribution in [-0.4, -0.2) is 38.8 Å². The fourth-order valence-electron chi connectivity index (χ4n) is 3.73. The van der Waals surface area contributed by atoms with Crippen LogP contribution in [0, 0.1) is 0 Å². The molecule has 7 nitrogen and oxygen atoms in total. The number of hydrogen-bond donors (Lipinski definition) is 1. The Morgan fingerprint density at radius 2 is 1.64 bits per heavy atom. The van der Waals surface area contributed by atoms with Crippen molar-refractivity contribution < 1.29 is 22.7 Å². The molecule has 0 bridgehead atoms. The van der Waals surface area contributed by atoms with Crippen LogP contribution in [-0.2, 0) is 16.6 Å². The smallest absolute Gasteiger partial charge is 0.259 e. The summed E-state index contributed by atoms with van der Waals surface area (Å²) in [6.45, 7) is 1.32. The minimum Gasteiger partial charge on any atom is -0.495 e. The van der Waals surface area contributed by atoms with Gasteiger partial charge in [0.2, 0.25) is 10.0 Å². The number of hydrogen-bond acceptors (Lipinski definition) is 5. The summed E-state index contributed by atoms with van der Waals surface area (Å²) in [5, 5.41) is 2.79. The van der Waals surface area contributed by atoms with Gasteiger partial charge in [0.15, 0.2) is 0 Å². The van der Waals surface area contributed by atoms with E-state index in [4.69, 9.17) is 9.47 Å². The van der Waals surface area contributed by atoms with Crippen molar-refractivity contribution in [1.29, 1.82) is 0 Å². The van der Waals surface area contributed by atoms with Crippen molar-refractivity contribution in [3.8, 4) is 11.5 Å². The van der Waals surface area contributed by atoms with Gasteiger partial charge in [-0.3, -0.25) is 4.79 Å². The average Bonchev–Trinajstić information content (AvgIpc) is 3.39. The van der Waals surface area contributed by atoms with Crippen molar-refractivity contribution in [3.63, 3.8) is 0 Å². The van der Waals surface area contributed by atoms with Gasteiger partial charge in [-0.1, -0.05) is 42.5 Å². The summed E-state index contributed by atoms with van der Waals surface area (Å²) in [5.41, 5.74) is 1.60. The number of sulfonamides is 1. The minimum atomic E-state index is -3.63. The summed E-state index contributed by atoms with van der Waals surface area (Å²) in [6.07, 6.45) is 1.69. The molecule has 33 heavy (non-hydrogen) atoms. The molecule has 0 spiro atoms. The first-order chi connectivity index (χ1) is 16.0. The van der Waals surface area contributed by atoms with Gasteiger partial charge in [0.1, 0.15) is 18.1 Å². The molecule has 3 aromatic rings. The minimum absolute atomic E-state index is 0.120. The molecule has 1 aliphatic rings. The number of para-hydroxylation sites is 1. The van der Waals surface area contributed by atoms with Crippen molar-refractivity contribution in [2.75, 3.05) is 25.5 Å². The molecule has 8 heteroatoms. The van der Waals surface area contributed by atoms with E-state index in [0.717, 1.165) is 18.4 Å². The number of ether oxygens (including phenoxy) is 2. The van der Waals surface area contributed by atoms with Crippen molar-refractivity contribution in [2.45, 2.75) is 24.3 Å². The predicted octanol–water partition coefficient (Wildman–Crippen LogP) is 4.31. The molecular weight excluding hydrogens is 440 g/mol. The number of carbonyl (C=O) groups is 1. The summed E-state index contributed by atoms with van der Waals surface area (Å²) in [6, 6.07) is 21.1. The molecule has 0 aliphatic carbocycles. The van der Waals surface area contributed by atoms with Gasteiger partial charge in [-0.2, -0.15) is 4.31 Å². The Bertz CT molecular complexity index is 1220. The Balaban J connectivity index is 1.57. The first kappa shape index (κ1) is 22.8. The molecule has 0 radical (unpaired) electrons. The lowest BCUT2D eigenvalue weighted by molar-refractivity contribution is 0.102. The monoisotopic (exact) mass is 466 g/mol. The standard InChI is InChI=1S/C25H26N2O5S/c1-31-24-14-13-20(33(29,30)27-15-7-8-16-27)17-22(24)26-25(28)21-11-5-6-12-23(21)32-18-19-9-3-2-4-10-19/h2-6,9-14,17H,7-8,15-16,18H2,1H3,(H,26,28). The van der Waals surface area contributed by atoms with E-state index < -0.39 is 15.9 Å². The number of nitrogens with one attached hydrogen (secondary N) is 1. The highest BCUT2D eigenvalue weighted by Crippen LogP contribution is 2.31. The Hall–Kier alpha value is -3.36. The summed E-state index contributed by atoms with van der Waals surface area (Å²) in [5.74, 6) is 0.373. The average molecular weight is 467 g/mol. The molecule has 3 aromatic carbocycles. The zero-order valence-corrected chi connectivity index (χ0v) is 19.2. The van der Waals surface area contributed by atoms with Crippen LogP contribution in [0.15, 0.2) is 77.7 Å². The number of nitrogens with zero attached hydrogens (tertiary/aromatic N) is 1. The number of benzene rings is 3. The van der Waals surface area contributed by atoms with E-state index in [1.54, 1.807) is 30.3 Å². The Morgan fingerprint density at radius 3 is 2.36 bits per heavy atom. The van der Waals surface area contributed by atoms with Gasteiger partial charge in [0.05, 0.1) is 23.3 Å². The van der Waals surface area contributed by atoms with Crippen LogP contribution >= 0.6 is 0 Å². The van der Waals surface area contributed by atoms with Gasteiger partial charge in [-0.05, 0) is 48.7 Å². The highest BCUT2D eigenvalue weighted by molar-refractivity contribution is 7.89. The Morgan fingerprint density at radius 1 is 0.939 bits per heavy atom. The number of carbonyl (C=O) groups excluding carboxylic acids is 1. The van der Waals surface area contributed by atoms with E-state index in [-0.39, 0.29) is 10.6 Å². The lowest BCUT2D eigenvalue weighted by Gasteiger charge is -2.18. The molecule has 1 heterocycles. The van der Waals surface area contributed by atoms with Gasteiger partial charge >= 0.3 is 0 Å². The molecule has 1 N–H and O–H groups in total. The largest absolute Gasteiger partial charge is 0.495 e. The highest BCUT2D eigenvalue weighted by atomic mass is 32.2. The van der Waals surface area contributed by atoms with Crippen molar-refractivity contribution >= 4 is 21.6 Å². The summed E-state index contributed by atoms with van der Waals surface area (Å²) >= 11 is 0. The van der Waals surface area contributed by atoms with Crippen LogP contribution in [0.25, 0.3) is 0 Å². The molecule has 0 unspecified atom stereocenters. The topological polar surface area (TPSA) is 84.9 Å². The second-order valence-electron chi connectivity index (χ2n) is 7.70. The predicted molar refractivity (Wildman–Crippen MR) is 126 cm³/mol. The summed E-state index contributed by atoms with van der Waals surface area (Å²) < 4.78 is 38.6. The Labute approximate surface area is 194 Å². The number of amides is 1. The number of rotatable bonds is 8. The first-order valence-electron chi connectivity index (χ1n) is 10.7. The normalized spacial score (nSPS) is 14.1. The highest BCUT2D eigenvalue weighted by Gasteiger charge is 2.28. The van der Waals surface area contributed by atoms with Crippen LogP contribution in [0.2, 0.25) is 0 Å². The molecule has 1 saturated heterocycles. The van der Waals surface area contributed by atoms with E-state index in [2.05, 4.69) is 5.32 Å². The van der Waals surface area contributed by atoms with E-state index >= 15 is 0 Å². The molecule has 1 fully saturated rings. The third kappa shape index (κ3) is 5.18. The van der Waals surface area contributed by atoms with Gasteiger partial charge in [-0.15, -0.1) is 0 Å².